The fourth-order valence-electron chi connectivity index (χ4n) is 4.93. The SMILES string of the molecule is CCCc1nc(C)c2c(=O)[nH]c(C3C=C(S(=O)(=O)C4CCN(CC)CC4)C=CC3OCC)nn12. The minimum Gasteiger partial charge on any atom is -0.373 e. The maximum absolute atomic E-state index is 13.5. The third kappa shape index (κ3) is 4.63. The lowest BCUT2D eigenvalue weighted by Crippen LogP contribution is -2.39. The summed E-state index contributed by atoms with van der Waals surface area (Å²) >= 11 is 0. The molecular weight excluding hydrogens is 454 g/mol. The highest BCUT2D eigenvalue weighted by molar-refractivity contribution is 7.96. The number of rotatable bonds is 8. The first-order chi connectivity index (χ1) is 16.3. The van der Waals surface area contributed by atoms with Crippen LogP contribution in [0.15, 0.2) is 27.9 Å². The van der Waals surface area contributed by atoms with Crippen LogP contribution in [0.4, 0.5) is 0 Å². The van der Waals surface area contributed by atoms with Crippen molar-refractivity contribution in [1.82, 2.24) is 24.5 Å². The van der Waals surface area contributed by atoms with E-state index in [2.05, 4.69) is 21.8 Å². The number of nitrogens with zero attached hydrogens (tertiary/aromatic N) is 4. The van der Waals surface area contributed by atoms with Gasteiger partial charge >= 0.3 is 0 Å². The second-order valence-corrected chi connectivity index (χ2v) is 11.2. The van der Waals surface area contributed by atoms with Gasteiger partial charge in [0.15, 0.2) is 15.4 Å². The molecule has 186 valence electrons. The van der Waals surface area contributed by atoms with Crippen molar-refractivity contribution in [3.8, 4) is 0 Å². The van der Waals surface area contributed by atoms with Gasteiger partial charge in [0, 0.05) is 13.0 Å². The predicted octanol–water partition coefficient (Wildman–Crippen LogP) is 2.52. The molecule has 34 heavy (non-hydrogen) atoms. The van der Waals surface area contributed by atoms with Gasteiger partial charge in [0.25, 0.3) is 5.56 Å². The molecule has 1 saturated heterocycles. The van der Waals surface area contributed by atoms with E-state index in [4.69, 9.17) is 9.84 Å². The number of hydrogen-bond acceptors (Lipinski definition) is 7. The highest BCUT2D eigenvalue weighted by Gasteiger charge is 2.35. The number of allylic oxidation sites excluding steroid dienone is 1. The smallest absolute Gasteiger partial charge is 0.277 e. The minimum absolute atomic E-state index is 0.279. The van der Waals surface area contributed by atoms with Gasteiger partial charge in [-0.05, 0) is 58.8 Å². The summed E-state index contributed by atoms with van der Waals surface area (Å²) in [6.45, 7) is 10.8. The zero-order valence-corrected chi connectivity index (χ0v) is 21.3. The van der Waals surface area contributed by atoms with E-state index in [1.165, 1.54) is 0 Å². The standard InChI is InChI=1S/C24H35N5O4S/c1-5-8-21-25-16(4)22-24(30)26-23(27-29(21)22)19-15-18(9-10-20(19)33-7-3)34(31,32)17-11-13-28(6-2)14-12-17/h9-10,15,17,19-20H,5-8,11-14H2,1-4H3,(H,26,27,30). The molecular formula is C24H35N5O4S. The van der Waals surface area contributed by atoms with Crippen LogP contribution in [0, 0.1) is 6.92 Å². The zero-order valence-electron chi connectivity index (χ0n) is 20.5. The Kier molecular flexibility index (Phi) is 7.39. The molecule has 0 spiro atoms. The van der Waals surface area contributed by atoms with Crippen molar-refractivity contribution in [2.45, 2.75) is 70.7 Å². The van der Waals surface area contributed by atoms with Crippen molar-refractivity contribution in [1.29, 1.82) is 0 Å². The largest absolute Gasteiger partial charge is 0.373 e. The molecule has 0 bridgehead atoms. The number of aromatic amines is 1. The Hall–Kier alpha value is -2.30. The van der Waals surface area contributed by atoms with Crippen LogP contribution in [0.25, 0.3) is 5.52 Å². The molecule has 1 fully saturated rings. The summed E-state index contributed by atoms with van der Waals surface area (Å²) in [5.41, 5.74) is 0.767. The summed E-state index contributed by atoms with van der Waals surface area (Å²) in [7, 11) is -3.51. The van der Waals surface area contributed by atoms with Gasteiger partial charge in [-0.1, -0.05) is 26.0 Å². The normalized spacial score (nSPS) is 22.4. The highest BCUT2D eigenvalue weighted by atomic mass is 32.2. The Morgan fingerprint density at radius 2 is 1.94 bits per heavy atom. The van der Waals surface area contributed by atoms with Gasteiger partial charge in [0.05, 0.1) is 27.9 Å². The lowest BCUT2D eigenvalue weighted by molar-refractivity contribution is 0.0834. The van der Waals surface area contributed by atoms with Crippen LogP contribution in [0.2, 0.25) is 0 Å². The van der Waals surface area contributed by atoms with Gasteiger partial charge in [0.1, 0.15) is 11.6 Å². The van der Waals surface area contributed by atoms with Gasteiger partial charge in [-0.2, -0.15) is 5.10 Å². The maximum Gasteiger partial charge on any atom is 0.277 e. The van der Waals surface area contributed by atoms with Crippen molar-refractivity contribution >= 4 is 15.4 Å². The van der Waals surface area contributed by atoms with Gasteiger partial charge in [-0.25, -0.2) is 17.9 Å². The Labute approximate surface area is 200 Å². The third-order valence-corrected chi connectivity index (χ3v) is 9.08. The predicted molar refractivity (Wildman–Crippen MR) is 132 cm³/mol. The third-order valence-electron chi connectivity index (χ3n) is 6.81. The summed E-state index contributed by atoms with van der Waals surface area (Å²) in [5.74, 6) is 0.574. The lowest BCUT2D eigenvalue weighted by atomic mass is 9.96. The van der Waals surface area contributed by atoms with E-state index in [1.54, 1.807) is 29.7 Å². The van der Waals surface area contributed by atoms with Crippen LogP contribution >= 0.6 is 0 Å². The Morgan fingerprint density at radius 1 is 1.21 bits per heavy atom. The van der Waals surface area contributed by atoms with Crippen molar-refractivity contribution in [2.75, 3.05) is 26.2 Å². The second-order valence-electron chi connectivity index (χ2n) is 9.02. The van der Waals surface area contributed by atoms with E-state index in [1.807, 2.05) is 13.8 Å². The molecule has 0 radical (unpaired) electrons. The molecule has 9 nitrogen and oxygen atoms in total. The number of nitrogens with one attached hydrogen (secondary N) is 1. The van der Waals surface area contributed by atoms with E-state index in [0.29, 0.717) is 42.9 Å². The fourth-order valence-corrected chi connectivity index (χ4v) is 6.75. The first-order valence-electron chi connectivity index (χ1n) is 12.3. The molecule has 0 saturated carbocycles. The van der Waals surface area contributed by atoms with E-state index < -0.39 is 27.1 Å². The highest BCUT2D eigenvalue weighted by Crippen LogP contribution is 2.33. The zero-order chi connectivity index (χ0) is 24.5. The van der Waals surface area contributed by atoms with Crippen molar-refractivity contribution < 1.29 is 13.2 Å². The summed E-state index contributed by atoms with van der Waals surface area (Å²) < 4.78 is 34.5. The number of sulfone groups is 1. The summed E-state index contributed by atoms with van der Waals surface area (Å²) in [5, 5.41) is 4.32. The quantitative estimate of drug-likeness (QED) is 0.607. The van der Waals surface area contributed by atoms with Gasteiger partial charge in [-0.3, -0.25) is 4.79 Å². The van der Waals surface area contributed by atoms with Crippen LogP contribution in [-0.2, 0) is 21.0 Å². The van der Waals surface area contributed by atoms with Crippen LogP contribution in [0.1, 0.15) is 63.3 Å². The topological polar surface area (TPSA) is 110 Å². The van der Waals surface area contributed by atoms with Gasteiger partial charge in [-0.15, -0.1) is 0 Å². The molecule has 3 heterocycles. The number of aromatic nitrogens is 4. The number of H-pyrrole nitrogens is 1. The first-order valence-corrected chi connectivity index (χ1v) is 13.8. The number of piperidine rings is 1. The van der Waals surface area contributed by atoms with Gasteiger partial charge in [0.2, 0.25) is 0 Å². The second kappa shape index (κ2) is 10.1. The molecule has 0 amide bonds. The molecule has 2 unspecified atom stereocenters. The first kappa shape index (κ1) is 24.8. The van der Waals surface area contributed by atoms with Crippen LogP contribution in [0.3, 0.4) is 0 Å². The number of imidazole rings is 1. The Balaban J connectivity index is 1.74. The fraction of sp³-hybridized carbons (Fsp3) is 0.625. The number of ether oxygens (including phenoxy) is 1. The summed E-state index contributed by atoms with van der Waals surface area (Å²) in [6, 6.07) is 0. The number of likely N-dealkylation sites (tertiary alicyclic amines) is 1. The number of fused-ring (bicyclic) bond motifs is 1. The number of aryl methyl sites for hydroxylation is 2. The maximum atomic E-state index is 13.5. The number of hydrogen-bond donors (Lipinski definition) is 1. The van der Waals surface area contributed by atoms with E-state index in [-0.39, 0.29) is 10.5 Å². The molecule has 4 rings (SSSR count). The Bertz CT molecular complexity index is 1250. The van der Waals surface area contributed by atoms with E-state index in [0.717, 1.165) is 31.9 Å². The van der Waals surface area contributed by atoms with Crippen LogP contribution in [-0.4, -0.2) is 70.5 Å². The molecule has 2 aromatic rings. The van der Waals surface area contributed by atoms with Crippen LogP contribution < -0.4 is 5.56 Å². The van der Waals surface area contributed by atoms with Crippen molar-refractivity contribution in [2.24, 2.45) is 0 Å². The minimum atomic E-state index is -3.51. The lowest BCUT2D eigenvalue weighted by Gasteiger charge is -2.32. The van der Waals surface area contributed by atoms with Crippen LogP contribution in [0.5, 0.6) is 0 Å². The molecule has 0 aromatic carbocycles. The molecule has 2 aromatic heterocycles. The molecule has 1 aliphatic carbocycles. The van der Waals surface area contributed by atoms with Gasteiger partial charge < -0.3 is 14.6 Å². The molecule has 2 atom stereocenters. The monoisotopic (exact) mass is 489 g/mol. The van der Waals surface area contributed by atoms with Crippen molar-refractivity contribution in [3.63, 3.8) is 0 Å². The molecule has 1 aliphatic heterocycles. The van der Waals surface area contributed by atoms with E-state index >= 15 is 0 Å². The Morgan fingerprint density at radius 3 is 2.59 bits per heavy atom. The van der Waals surface area contributed by atoms with E-state index in [9.17, 15) is 13.2 Å². The van der Waals surface area contributed by atoms with Crippen molar-refractivity contribution in [3.05, 3.63) is 50.8 Å². The molecule has 10 heteroatoms. The molecule has 1 N–H and O–H groups in total. The summed E-state index contributed by atoms with van der Waals surface area (Å²) in [4.78, 5) is 22.9. The summed E-state index contributed by atoms with van der Waals surface area (Å²) in [6.07, 6.45) is 7.51. The average molecular weight is 490 g/mol. The molecule has 2 aliphatic rings. The average Bonchev–Trinajstić information content (AvgIpc) is 3.15.